The predicted molar refractivity (Wildman–Crippen MR) is 105 cm³/mol. The molecule has 2 rings (SSSR count). The monoisotopic (exact) mass is 367 g/mol. The fourth-order valence-electron chi connectivity index (χ4n) is 2.98. The number of guanidine groups is 1. The van der Waals surface area contributed by atoms with Gasteiger partial charge in [0.1, 0.15) is 5.01 Å². The van der Waals surface area contributed by atoms with Crippen molar-refractivity contribution in [3.63, 3.8) is 0 Å². The summed E-state index contributed by atoms with van der Waals surface area (Å²) in [6.07, 6.45) is 6.45. The van der Waals surface area contributed by atoms with Crippen molar-refractivity contribution in [3.05, 3.63) is 16.1 Å². The largest absolute Gasteiger partial charge is 0.385 e. The van der Waals surface area contributed by atoms with E-state index >= 15 is 0 Å². The highest BCUT2D eigenvalue weighted by Gasteiger charge is 2.19. The number of methoxy groups -OCH3 is 1. The zero-order valence-electron chi connectivity index (χ0n) is 15.9. The smallest absolute Gasteiger partial charge is 0.191 e. The Balaban J connectivity index is 1.78. The number of likely N-dealkylation sites (tertiary alicyclic amines) is 1. The van der Waals surface area contributed by atoms with E-state index in [1.54, 1.807) is 18.4 Å². The molecule has 1 aliphatic heterocycles. The van der Waals surface area contributed by atoms with Crippen LogP contribution in [0.2, 0.25) is 0 Å². The molecule has 0 unspecified atom stereocenters. The van der Waals surface area contributed by atoms with Crippen LogP contribution in [0.4, 0.5) is 0 Å². The molecule has 2 heterocycles. The maximum Gasteiger partial charge on any atom is 0.191 e. The Bertz CT molecular complexity index is 511. The summed E-state index contributed by atoms with van der Waals surface area (Å²) in [6, 6.07) is 0.499. The summed E-state index contributed by atoms with van der Waals surface area (Å²) in [5.74, 6) is 0.911. The summed E-state index contributed by atoms with van der Waals surface area (Å²) >= 11 is 1.76. The maximum atomic E-state index is 5.14. The summed E-state index contributed by atoms with van der Waals surface area (Å²) in [5, 5.41) is 8.04. The Morgan fingerprint density at radius 3 is 2.84 bits per heavy atom. The minimum atomic E-state index is 0.499. The standard InChI is InChI=1S/C18H33N5OS/c1-4-16-13-20-17(25-16)14-21-18(19-5-2)22-15-7-10-23(11-8-15)9-6-12-24-3/h13,15H,4-12,14H2,1-3H3,(H2,19,21,22). The zero-order valence-corrected chi connectivity index (χ0v) is 16.7. The van der Waals surface area contributed by atoms with E-state index in [-0.39, 0.29) is 0 Å². The quantitative estimate of drug-likeness (QED) is 0.398. The van der Waals surface area contributed by atoms with Gasteiger partial charge < -0.3 is 20.3 Å². The van der Waals surface area contributed by atoms with Crippen molar-refractivity contribution >= 4 is 17.3 Å². The number of nitrogens with one attached hydrogen (secondary N) is 2. The fourth-order valence-corrected chi connectivity index (χ4v) is 3.76. The van der Waals surface area contributed by atoms with Gasteiger partial charge in [0.15, 0.2) is 5.96 Å². The molecule has 0 bridgehead atoms. The minimum absolute atomic E-state index is 0.499. The molecule has 0 atom stereocenters. The van der Waals surface area contributed by atoms with Crippen LogP contribution in [0.25, 0.3) is 0 Å². The number of aliphatic imine (C=N–C) groups is 1. The lowest BCUT2D eigenvalue weighted by atomic mass is 10.1. The van der Waals surface area contributed by atoms with Crippen molar-refractivity contribution in [1.29, 1.82) is 0 Å². The van der Waals surface area contributed by atoms with Gasteiger partial charge in [-0.25, -0.2) is 9.98 Å². The highest BCUT2D eigenvalue weighted by atomic mass is 32.1. The second-order valence-electron chi connectivity index (χ2n) is 6.38. The van der Waals surface area contributed by atoms with Crippen LogP contribution >= 0.6 is 11.3 Å². The molecule has 1 aliphatic rings. The number of hydrogen-bond acceptors (Lipinski definition) is 5. The van der Waals surface area contributed by atoms with Crippen molar-refractivity contribution in [3.8, 4) is 0 Å². The molecule has 0 amide bonds. The summed E-state index contributed by atoms with van der Waals surface area (Å²) in [5.41, 5.74) is 0. The van der Waals surface area contributed by atoms with Gasteiger partial charge >= 0.3 is 0 Å². The highest BCUT2D eigenvalue weighted by Crippen LogP contribution is 2.14. The van der Waals surface area contributed by atoms with Crippen LogP contribution in [-0.4, -0.2) is 61.8 Å². The van der Waals surface area contributed by atoms with Crippen LogP contribution in [-0.2, 0) is 17.7 Å². The second kappa shape index (κ2) is 11.4. The minimum Gasteiger partial charge on any atom is -0.385 e. The lowest BCUT2D eigenvalue weighted by Gasteiger charge is -2.33. The van der Waals surface area contributed by atoms with Gasteiger partial charge in [0, 0.05) is 57.0 Å². The summed E-state index contributed by atoms with van der Waals surface area (Å²) in [4.78, 5) is 13.0. The molecule has 2 N–H and O–H groups in total. The number of aryl methyl sites for hydroxylation is 1. The van der Waals surface area contributed by atoms with E-state index in [1.165, 1.54) is 4.88 Å². The number of piperidine rings is 1. The van der Waals surface area contributed by atoms with E-state index in [0.29, 0.717) is 12.6 Å². The van der Waals surface area contributed by atoms with Gasteiger partial charge in [-0.05, 0) is 32.6 Å². The first-order chi connectivity index (χ1) is 12.2. The van der Waals surface area contributed by atoms with Crippen molar-refractivity contribution in [2.24, 2.45) is 4.99 Å². The van der Waals surface area contributed by atoms with Crippen LogP contribution in [0.5, 0.6) is 0 Å². The molecule has 1 fully saturated rings. The molecule has 1 aromatic rings. The molecule has 0 radical (unpaired) electrons. The molecule has 6 nitrogen and oxygen atoms in total. The summed E-state index contributed by atoms with van der Waals surface area (Å²) < 4.78 is 5.14. The van der Waals surface area contributed by atoms with Gasteiger partial charge in [0.2, 0.25) is 0 Å². The Hall–Kier alpha value is -1.18. The summed E-state index contributed by atoms with van der Waals surface area (Å²) in [7, 11) is 1.77. The van der Waals surface area contributed by atoms with Gasteiger partial charge in [-0.1, -0.05) is 6.92 Å². The Labute approximate surface area is 156 Å². The molecule has 1 saturated heterocycles. The van der Waals surface area contributed by atoms with Crippen LogP contribution in [0.3, 0.4) is 0 Å². The maximum absolute atomic E-state index is 5.14. The molecule has 0 spiro atoms. The normalized spacial score (nSPS) is 17.0. The molecule has 0 aliphatic carbocycles. The molecular formula is C18H33N5OS. The van der Waals surface area contributed by atoms with Crippen molar-refractivity contribution < 1.29 is 4.74 Å². The topological polar surface area (TPSA) is 61.8 Å². The first-order valence-corrected chi connectivity index (χ1v) is 10.3. The lowest BCUT2D eigenvalue weighted by molar-refractivity contribution is 0.155. The second-order valence-corrected chi connectivity index (χ2v) is 7.58. The number of rotatable bonds is 9. The van der Waals surface area contributed by atoms with Crippen LogP contribution in [0.15, 0.2) is 11.2 Å². The van der Waals surface area contributed by atoms with E-state index in [4.69, 9.17) is 9.73 Å². The van der Waals surface area contributed by atoms with E-state index in [2.05, 4.69) is 34.4 Å². The number of ether oxygens (including phenoxy) is 1. The van der Waals surface area contributed by atoms with Gasteiger partial charge in [-0.2, -0.15) is 0 Å². The third-order valence-corrected chi connectivity index (χ3v) is 5.54. The predicted octanol–water partition coefficient (Wildman–Crippen LogP) is 2.26. The lowest BCUT2D eigenvalue weighted by Crippen LogP contribution is -2.48. The molecule has 0 saturated carbocycles. The highest BCUT2D eigenvalue weighted by molar-refractivity contribution is 7.11. The van der Waals surface area contributed by atoms with Crippen LogP contribution in [0.1, 0.15) is 43.0 Å². The zero-order chi connectivity index (χ0) is 17.9. The Morgan fingerprint density at radius 1 is 1.40 bits per heavy atom. The summed E-state index contributed by atoms with van der Waals surface area (Å²) in [6.45, 7) is 10.1. The SMILES string of the molecule is CCNC(=NCc1ncc(CC)s1)NC1CCN(CCCOC)CC1. The molecule has 1 aromatic heterocycles. The van der Waals surface area contributed by atoms with Crippen molar-refractivity contribution in [1.82, 2.24) is 20.5 Å². The average Bonchev–Trinajstić information content (AvgIpc) is 3.10. The van der Waals surface area contributed by atoms with Crippen LogP contribution < -0.4 is 10.6 Å². The first kappa shape index (κ1) is 20.1. The first-order valence-electron chi connectivity index (χ1n) is 9.44. The number of hydrogen-bond donors (Lipinski definition) is 2. The van der Waals surface area contributed by atoms with Gasteiger partial charge in [0.05, 0.1) is 6.54 Å². The van der Waals surface area contributed by atoms with E-state index in [1.807, 2.05) is 6.20 Å². The van der Waals surface area contributed by atoms with E-state index in [0.717, 1.165) is 69.4 Å². The van der Waals surface area contributed by atoms with Gasteiger partial charge in [-0.15, -0.1) is 11.3 Å². The molecule has 142 valence electrons. The third kappa shape index (κ3) is 7.30. The van der Waals surface area contributed by atoms with E-state index in [9.17, 15) is 0 Å². The number of nitrogens with zero attached hydrogens (tertiary/aromatic N) is 3. The molecular weight excluding hydrogens is 334 g/mol. The van der Waals surface area contributed by atoms with Crippen LogP contribution in [0, 0.1) is 0 Å². The number of aromatic nitrogens is 1. The van der Waals surface area contributed by atoms with Crippen molar-refractivity contribution in [2.45, 2.75) is 52.1 Å². The van der Waals surface area contributed by atoms with Gasteiger partial charge in [-0.3, -0.25) is 0 Å². The molecule has 7 heteroatoms. The van der Waals surface area contributed by atoms with Gasteiger partial charge in [0.25, 0.3) is 0 Å². The molecule has 0 aromatic carbocycles. The Morgan fingerprint density at radius 2 is 2.20 bits per heavy atom. The average molecular weight is 368 g/mol. The third-order valence-electron chi connectivity index (χ3n) is 4.42. The number of thiazole rings is 1. The molecule has 25 heavy (non-hydrogen) atoms. The fraction of sp³-hybridized carbons (Fsp3) is 0.778. The van der Waals surface area contributed by atoms with E-state index < -0.39 is 0 Å². The Kier molecular flexibility index (Phi) is 9.21. The van der Waals surface area contributed by atoms with Crippen molar-refractivity contribution in [2.75, 3.05) is 39.9 Å².